The summed E-state index contributed by atoms with van der Waals surface area (Å²) in [7, 11) is 1.34. The molecule has 0 saturated heterocycles. The number of ether oxygens (including phenoxy) is 1. The molecule has 0 aliphatic carbocycles. The fraction of sp³-hybridized carbons (Fsp3) is 0.333. The molecule has 24 heavy (non-hydrogen) atoms. The maximum Gasteiger partial charge on any atom is 0.325 e. The van der Waals surface area contributed by atoms with Gasteiger partial charge in [-0.2, -0.15) is 0 Å². The fourth-order valence-electron chi connectivity index (χ4n) is 1.75. The Bertz CT molecular complexity index is 748. The van der Waals surface area contributed by atoms with Crippen molar-refractivity contribution < 1.29 is 14.3 Å². The zero-order chi connectivity index (χ0) is 17.7. The monoisotopic (exact) mass is 366 g/mol. The summed E-state index contributed by atoms with van der Waals surface area (Å²) in [5, 5.41) is 13.2. The second-order valence-corrected chi connectivity index (χ2v) is 7.60. The lowest BCUT2D eigenvalue weighted by atomic mass is 10.1. The van der Waals surface area contributed by atoms with E-state index in [1.165, 1.54) is 30.2 Å². The Kier molecular flexibility index (Phi) is 6.16. The van der Waals surface area contributed by atoms with Gasteiger partial charge in [0, 0.05) is 5.69 Å². The van der Waals surface area contributed by atoms with Crippen LogP contribution in [0.4, 0.5) is 15.6 Å². The number of thioether (sulfide) groups is 1. The topological polar surface area (TPSA) is 93.2 Å². The number of hydrogen-bond acceptors (Lipinski definition) is 7. The number of amides is 2. The fourth-order valence-corrected chi connectivity index (χ4v) is 3.67. The second kappa shape index (κ2) is 8.11. The van der Waals surface area contributed by atoms with Gasteiger partial charge in [0.15, 0.2) is 4.34 Å². The van der Waals surface area contributed by atoms with E-state index in [1.807, 2.05) is 32.0 Å². The lowest BCUT2D eigenvalue weighted by molar-refractivity contribution is -0.139. The average Bonchev–Trinajstić information content (AvgIpc) is 2.96. The quantitative estimate of drug-likeness (QED) is 0.478. The van der Waals surface area contributed by atoms with Crippen molar-refractivity contribution in [3.05, 3.63) is 29.3 Å². The molecule has 0 unspecified atom stereocenters. The zero-order valence-electron chi connectivity index (χ0n) is 13.7. The predicted molar refractivity (Wildman–Crippen MR) is 95.8 cm³/mol. The molecule has 9 heteroatoms. The summed E-state index contributed by atoms with van der Waals surface area (Å²) in [5.74, 6) is -0.336. The van der Waals surface area contributed by atoms with Gasteiger partial charge in [-0.25, -0.2) is 4.79 Å². The predicted octanol–water partition coefficient (Wildman–Crippen LogP) is 3.45. The van der Waals surface area contributed by atoms with Crippen LogP contribution in [0, 0.1) is 13.8 Å². The van der Waals surface area contributed by atoms with Crippen molar-refractivity contribution in [2.45, 2.75) is 30.4 Å². The first-order chi connectivity index (χ1) is 11.4. The van der Waals surface area contributed by atoms with Crippen LogP contribution in [-0.4, -0.2) is 34.6 Å². The maximum absolute atomic E-state index is 12.0. The smallest absolute Gasteiger partial charge is 0.325 e. The normalized spacial score (nSPS) is 11.7. The Balaban J connectivity index is 1.92. The van der Waals surface area contributed by atoms with Crippen molar-refractivity contribution >= 4 is 45.9 Å². The van der Waals surface area contributed by atoms with Crippen LogP contribution in [-0.2, 0) is 9.53 Å². The third-order valence-corrected chi connectivity index (χ3v) is 5.20. The number of nitrogens with one attached hydrogen (secondary N) is 2. The number of urea groups is 1. The number of carbonyl (C=O) groups is 2. The summed E-state index contributed by atoms with van der Waals surface area (Å²) >= 11 is 2.42. The molecule has 0 radical (unpaired) electrons. The van der Waals surface area contributed by atoms with Crippen LogP contribution >= 0.6 is 23.1 Å². The average molecular weight is 366 g/mol. The Labute approximate surface area is 148 Å². The van der Waals surface area contributed by atoms with Crippen LogP contribution in [0.15, 0.2) is 22.5 Å². The van der Waals surface area contributed by atoms with Crippen molar-refractivity contribution in [2.24, 2.45) is 0 Å². The summed E-state index contributed by atoms with van der Waals surface area (Å²) in [6.07, 6.45) is 0. The van der Waals surface area contributed by atoms with Gasteiger partial charge < -0.3 is 10.1 Å². The molecule has 0 aliphatic rings. The number of benzene rings is 1. The van der Waals surface area contributed by atoms with Gasteiger partial charge >= 0.3 is 12.0 Å². The number of anilines is 2. The van der Waals surface area contributed by atoms with E-state index in [0.29, 0.717) is 15.2 Å². The van der Waals surface area contributed by atoms with Crippen LogP contribution < -0.4 is 10.6 Å². The van der Waals surface area contributed by atoms with Gasteiger partial charge in [0.2, 0.25) is 5.13 Å². The Morgan fingerprint density at radius 1 is 1.21 bits per heavy atom. The molecule has 2 rings (SSSR count). The van der Waals surface area contributed by atoms with Gasteiger partial charge in [-0.05, 0) is 44.0 Å². The summed E-state index contributed by atoms with van der Waals surface area (Å²) in [5.41, 5.74) is 2.96. The third-order valence-electron chi connectivity index (χ3n) is 3.20. The molecule has 0 saturated carbocycles. The summed E-state index contributed by atoms with van der Waals surface area (Å²) in [4.78, 5) is 23.4. The summed E-state index contributed by atoms with van der Waals surface area (Å²) in [6.45, 7) is 5.71. The van der Waals surface area contributed by atoms with Crippen LogP contribution in [0.1, 0.15) is 18.1 Å². The van der Waals surface area contributed by atoms with E-state index >= 15 is 0 Å². The highest BCUT2D eigenvalue weighted by atomic mass is 32.2. The van der Waals surface area contributed by atoms with E-state index in [9.17, 15) is 9.59 Å². The number of carbonyl (C=O) groups excluding carboxylic acids is 2. The first-order valence-corrected chi connectivity index (χ1v) is 8.82. The molecular formula is C15H18N4O3S2. The minimum Gasteiger partial charge on any atom is -0.468 e. The molecule has 1 heterocycles. The van der Waals surface area contributed by atoms with Crippen molar-refractivity contribution in [3.63, 3.8) is 0 Å². The molecule has 0 aliphatic heterocycles. The van der Waals surface area contributed by atoms with Crippen LogP contribution in [0.25, 0.3) is 0 Å². The highest BCUT2D eigenvalue weighted by Gasteiger charge is 2.18. The number of esters is 1. The molecule has 2 amide bonds. The number of rotatable bonds is 5. The van der Waals surface area contributed by atoms with Crippen molar-refractivity contribution in [2.75, 3.05) is 17.7 Å². The molecule has 2 N–H and O–H groups in total. The molecule has 7 nitrogen and oxygen atoms in total. The van der Waals surface area contributed by atoms with Gasteiger partial charge in [0.1, 0.15) is 5.25 Å². The van der Waals surface area contributed by atoms with Gasteiger partial charge in [-0.15, -0.1) is 10.2 Å². The van der Waals surface area contributed by atoms with Crippen molar-refractivity contribution in [1.29, 1.82) is 0 Å². The van der Waals surface area contributed by atoms with Crippen LogP contribution in [0.5, 0.6) is 0 Å². The maximum atomic E-state index is 12.0. The number of aryl methyl sites for hydroxylation is 2. The van der Waals surface area contributed by atoms with E-state index in [4.69, 9.17) is 0 Å². The molecule has 1 aromatic carbocycles. The number of nitrogens with zero attached hydrogens (tertiary/aromatic N) is 2. The van der Waals surface area contributed by atoms with E-state index < -0.39 is 6.03 Å². The number of methoxy groups -OCH3 is 1. The molecule has 1 atom stereocenters. The van der Waals surface area contributed by atoms with Crippen molar-refractivity contribution in [1.82, 2.24) is 10.2 Å². The second-order valence-electron chi connectivity index (χ2n) is 5.03. The molecule has 1 aromatic heterocycles. The number of hydrogen-bond donors (Lipinski definition) is 2. The molecule has 0 fully saturated rings. The first-order valence-electron chi connectivity index (χ1n) is 7.12. The highest BCUT2D eigenvalue weighted by molar-refractivity contribution is 8.02. The first kappa shape index (κ1) is 18.2. The van der Waals surface area contributed by atoms with Gasteiger partial charge in [0.05, 0.1) is 7.11 Å². The van der Waals surface area contributed by atoms with Gasteiger partial charge in [0.25, 0.3) is 0 Å². The third kappa shape index (κ3) is 4.93. The Morgan fingerprint density at radius 2 is 1.96 bits per heavy atom. The summed E-state index contributed by atoms with van der Waals surface area (Å²) in [6, 6.07) is 5.28. The standard InChI is InChI=1S/C15H18N4O3S2/c1-8-5-6-11(7-9(8)2)16-13(21)17-14-18-19-15(24-14)23-10(3)12(20)22-4/h5-7,10H,1-4H3,(H2,16,17,18,21)/t10-/m0/s1. The molecule has 0 spiro atoms. The van der Waals surface area contributed by atoms with E-state index in [0.717, 1.165) is 11.1 Å². The molecule has 0 bridgehead atoms. The Hall–Kier alpha value is -2.13. The van der Waals surface area contributed by atoms with Crippen molar-refractivity contribution in [3.8, 4) is 0 Å². The van der Waals surface area contributed by atoms with E-state index in [-0.39, 0.29) is 11.2 Å². The lowest BCUT2D eigenvalue weighted by Gasteiger charge is -2.07. The van der Waals surface area contributed by atoms with Gasteiger partial charge in [-0.3, -0.25) is 10.1 Å². The van der Waals surface area contributed by atoms with E-state index in [2.05, 4.69) is 25.6 Å². The largest absolute Gasteiger partial charge is 0.468 e. The zero-order valence-corrected chi connectivity index (χ0v) is 15.4. The Morgan fingerprint density at radius 3 is 2.62 bits per heavy atom. The van der Waals surface area contributed by atoms with Crippen LogP contribution in [0.2, 0.25) is 0 Å². The van der Waals surface area contributed by atoms with Gasteiger partial charge in [-0.1, -0.05) is 29.2 Å². The highest BCUT2D eigenvalue weighted by Crippen LogP contribution is 2.29. The minimum absolute atomic E-state index is 0.336. The molecular weight excluding hydrogens is 348 g/mol. The number of aromatic nitrogens is 2. The molecule has 128 valence electrons. The lowest BCUT2D eigenvalue weighted by Crippen LogP contribution is -2.19. The minimum atomic E-state index is -0.396. The van der Waals surface area contributed by atoms with E-state index in [1.54, 1.807) is 6.92 Å². The molecule has 2 aromatic rings. The SMILES string of the molecule is COC(=O)[C@H](C)Sc1nnc(NC(=O)Nc2ccc(C)c(C)c2)s1. The van der Waals surface area contributed by atoms with Crippen LogP contribution in [0.3, 0.4) is 0 Å². The summed E-state index contributed by atoms with van der Waals surface area (Å²) < 4.78 is 5.24.